The molecule has 238 valence electrons. The number of carbonyl (C=O) groups excluding carboxylic acids is 2. The van der Waals surface area contributed by atoms with E-state index in [1.54, 1.807) is 28.8 Å². The van der Waals surface area contributed by atoms with E-state index in [1.165, 1.54) is 18.9 Å². The van der Waals surface area contributed by atoms with Crippen LogP contribution >= 0.6 is 0 Å². The molecule has 3 aliphatic carbocycles. The normalized spacial score (nSPS) is 19.9. The van der Waals surface area contributed by atoms with Gasteiger partial charge in [0.05, 0.1) is 24.7 Å². The van der Waals surface area contributed by atoms with Crippen molar-refractivity contribution in [1.29, 1.82) is 5.26 Å². The number of pyridine rings is 2. The summed E-state index contributed by atoms with van der Waals surface area (Å²) >= 11 is 0. The molecule has 4 aliphatic rings. The molecule has 3 heterocycles. The first-order valence-electron chi connectivity index (χ1n) is 16.1. The van der Waals surface area contributed by atoms with Gasteiger partial charge >= 0.3 is 0 Å². The molecule has 1 saturated heterocycles. The van der Waals surface area contributed by atoms with Crippen LogP contribution in [0.15, 0.2) is 47.4 Å². The molecule has 0 radical (unpaired) electrons. The lowest BCUT2D eigenvalue weighted by atomic mass is 9.95. The summed E-state index contributed by atoms with van der Waals surface area (Å²) in [6, 6.07) is 12.1. The predicted octanol–water partition coefficient (Wildman–Crippen LogP) is 5.79. The van der Waals surface area contributed by atoms with Gasteiger partial charge in [0.25, 0.3) is 23.3 Å². The highest BCUT2D eigenvalue weighted by atomic mass is 19.3. The highest BCUT2D eigenvalue weighted by Crippen LogP contribution is 2.42. The van der Waals surface area contributed by atoms with Crippen LogP contribution in [-0.4, -0.2) is 51.3 Å². The Hall–Kier alpha value is -4.43. The van der Waals surface area contributed by atoms with E-state index >= 15 is 0 Å². The van der Waals surface area contributed by atoms with Crippen molar-refractivity contribution < 1.29 is 18.4 Å². The van der Waals surface area contributed by atoms with Crippen molar-refractivity contribution in [2.24, 2.45) is 5.92 Å². The molecule has 2 N–H and O–H groups in total. The van der Waals surface area contributed by atoms with Crippen LogP contribution in [0.2, 0.25) is 0 Å². The molecule has 2 atom stereocenters. The molecule has 0 bridgehead atoms. The van der Waals surface area contributed by atoms with Crippen molar-refractivity contribution in [1.82, 2.24) is 19.8 Å². The number of amides is 2. The minimum atomic E-state index is -2.94. The second kappa shape index (κ2) is 11.4. The first-order chi connectivity index (χ1) is 22.0. The number of alkyl halides is 2. The number of nitriles is 1. The van der Waals surface area contributed by atoms with Gasteiger partial charge in [-0.15, -0.1) is 0 Å². The Morgan fingerprint density at radius 1 is 1.02 bits per heavy atom. The maximum atomic E-state index is 13.8. The van der Waals surface area contributed by atoms with E-state index in [0.717, 1.165) is 41.8 Å². The number of anilines is 1. The molecule has 9 nitrogen and oxygen atoms in total. The van der Waals surface area contributed by atoms with Crippen LogP contribution in [0.1, 0.15) is 108 Å². The minimum absolute atomic E-state index is 0.0326. The smallest absolute Gasteiger partial charge is 0.282 e. The summed E-state index contributed by atoms with van der Waals surface area (Å²) < 4.78 is 28.9. The Labute approximate surface area is 265 Å². The highest BCUT2D eigenvalue weighted by molar-refractivity contribution is 6.05. The second-order valence-corrected chi connectivity index (χ2v) is 13.4. The van der Waals surface area contributed by atoms with E-state index in [9.17, 15) is 28.4 Å². The summed E-state index contributed by atoms with van der Waals surface area (Å²) in [6.45, 7) is 2.85. The van der Waals surface area contributed by atoms with Gasteiger partial charge < -0.3 is 20.1 Å². The monoisotopic (exact) mass is 626 g/mol. The van der Waals surface area contributed by atoms with Gasteiger partial charge in [-0.1, -0.05) is 6.07 Å². The largest absolute Gasteiger partial charge is 0.326 e. The van der Waals surface area contributed by atoms with Crippen LogP contribution in [-0.2, 0) is 0 Å². The molecule has 3 saturated carbocycles. The molecular formula is C35H36F2N6O3. The maximum absolute atomic E-state index is 13.8. The molecule has 1 aromatic carbocycles. The van der Waals surface area contributed by atoms with Gasteiger partial charge in [-0.25, -0.2) is 13.8 Å². The summed E-state index contributed by atoms with van der Waals surface area (Å²) in [5.41, 5.74) is 2.63. The quantitative estimate of drug-likeness (QED) is 0.294. The van der Waals surface area contributed by atoms with Crippen LogP contribution in [0.3, 0.4) is 0 Å². The molecule has 4 fully saturated rings. The molecule has 1 aliphatic heterocycles. The third-order valence-electron chi connectivity index (χ3n) is 9.50. The van der Waals surface area contributed by atoms with Crippen molar-refractivity contribution in [3.05, 3.63) is 80.9 Å². The zero-order valence-electron chi connectivity index (χ0n) is 25.9. The second-order valence-electron chi connectivity index (χ2n) is 13.4. The van der Waals surface area contributed by atoms with Gasteiger partial charge in [-0.2, -0.15) is 5.26 Å². The van der Waals surface area contributed by atoms with E-state index in [1.807, 2.05) is 25.3 Å². The van der Waals surface area contributed by atoms with Gasteiger partial charge in [-0.05, 0) is 105 Å². The Morgan fingerprint density at radius 3 is 2.39 bits per heavy atom. The van der Waals surface area contributed by atoms with Gasteiger partial charge in [0.1, 0.15) is 11.4 Å². The Balaban J connectivity index is 1.22. The maximum Gasteiger partial charge on any atom is 0.282 e. The number of hydrogen-bond acceptors (Lipinski definition) is 6. The minimum Gasteiger partial charge on any atom is -0.326 e. The van der Waals surface area contributed by atoms with E-state index in [0.29, 0.717) is 23.1 Å². The van der Waals surface area contributed by atoms with E-state index in [4.69, 9.17) is 4.98 Å². The number of nitrogens with zero attached hydrogens (tertiary/aromatic N) is 4. The van der Waals surface area contributed by atoms with Gasteiger partial charge in [0, 0.05) is 41.5 Å². The van der Waals surface area contributed by atoms with Crippen molar-refractivity contribution >= 4 is 17.6 Å². The Morgan fingerprint density at radius 2 is 1.76 bits per heavy atom. The zero-order chi connectivity index (χ0) is 32.3. The van der Waals surface area contributed by atoms with Gasteiger partial charge in [-0.3, -0.25) is 14.4 Å². The average molecular weight is 627 g/mol. The summed E-state index contributed by atoms with van der Waals surface area (Å²) in [6.07, 6.45) is 7.90. The summed E-state index contributed by atoms with van der Waals surface area (Å²) in [7, 11) is 0. The van der Waals surface area contributed by atoms with E-state index in [-0.39, 0.29) is 46.1 Å². The summed E-state index contributed by atoms with van der Waals surface area (Å²) in [5, 5.41) is 16.0. The number of carbonyl (C=O) groups is 2. The predicted molar refractivity (Wildman–Crippen MR) is 168 cm³/mol. The number of halogens is 2. The van der Waals surface area contributed by atoms with Gasteiger partial charge in [0.15, 0.2) is 0 Å². The van der Waals surface area contributed by atoms with Crippen LogP contribution in [0.4, 0.5) is 14.6 Å². The Bertz CT molecular complexity index is 1830. The third kappa shape index (κ3) is 6.18. The first-order valence-corrected chi connectivity index (χ1v) is 16.1. The van der Waals surface area contributed by atoms with Crippen LogP contribution in [0.5, 0.6) is 0 Å². The number of nitrogens with one attached hydrogen (secondary N) is 2. The average Bonchev–Trinajstić information content (AvgIpc) is 3.87. The molecule has 2 amide bonds. The lowest BCUT2D eigenvalue weighted by Crippen LogP contribution is -2.58. The van der Waals surface area contributed by atoms with Crippen LogP contribution in [0.25, 0.3) is 11.1 Å². The molecule has 7 rings (SSSR count). The number of benzene rings is 1. The number of likely N-dealkylation sites (tertiary alicyclic amines) is 1. The number of aromatic nitrogens is 2. The molecule has 0 spiro atoms. The summed E-state index contributed by atoms with van der Waals surface area (Å²) in [5.74, 6) is -3.05. The topological polar surface area (TPSA) is 120 Å². The molecular weight excluding hydrogens is 590 g/mol. The lowest BCUT2D eigenvalue weighted by Gasteiger charge is -2.39. The van der Waals surface area contributed by atoms with Crippen LogP contribution in [0, 0.1) is 17.2 Å². The first kappa shape index (κ1) is 30.2. The fourth-order valence-electron chi connectivity index (χ4n) is 6.28. The highest BCUT2D eigenvalue weighted by Gasteiger charge is 2.46. The van der Waals surface area contributed by atoms with Gasteiger partial charge in [0.2, 0.25) is 0 Å². The molecule has 11 heteroatoms. The van der Waals surface area contributed by atoms with Crippen molar-refractivity contribution in [3.8, 4) is 17.2 Å². The van der Waals surface area contributed by atoms with Crippen LogP contribution < -0.4 is 16.2 Å². The lowest BCUT2D eigenvalue weighted by molar-refractivity contribution is -0.113. The fourth-order valence-corrected chi connectivity index (χ4v) is 6.28. The molecule has 2 aromatic heterocycles. The van der Waals surface area contributed by atoms with Crippen molar-refractivity contribution in [2.45, 2.75) is 82.3 Å². The third-order valence-corrected chi connectivity index (χ3v) is 9.50. The number of rotatable bonds is 10. The van der Waals surface area contributed by atoms with E-state index < -0.39 is 30.8 Å². The standard InChI is InChI=1S/C35H36F2N6O3/c1-19(22-4-5-22)39-20(2)25-12-29(34(46)43(16-25)26-8-9-26)32(44)41-31-14-24(13-30(40-31)23-6-7-23)27-10-3-21(15-38)11-28(27)33(45)42-17-35(36,37)18-42/h3,10-14,16,19-20,22-23,26,39H,4-9,17-18H2,1-2H3,(H,40,41,44)/t19-,20+/m0/s1. The Kier molecular flexibility index (Phi) is 7.51. The summed E-state index contributed by atoms with van der Waals surface area (Å²) in [4.78, 5) is 46.4. The molecule has 46 heavy (non-hydrogen) atoms. The van der Waals surface area contributed by atoms with Crippen molar-refractivity contribution in [2.75, 3.05) is 18.4 Å². The fraction of sp³-hybridized carbons (Fsp3) is 0.457. The van der Waals surface area contributed by atoms with Crippen molar-refractivity contribution in [3.63, 3.8) is 0 Å². The molecule has 0 unspecified atom stereocenters. The SMILES string of the molecule is C[C@H](N[C@H](C)c1cc(C(=O)Nc2cc(-c3ccc(C#N)cc3C(=O)N3CC(F)(F)C3)cc(C3CC3)n2)c(=O)n(C2CC2)c1)C1CC1. The molecule has 3 aromatic rings. The number of hydrogen-bond donors (Lipinski definition) is 2. The van der Waals surface area contributed by atoms with E-state index in [2.05, 4.69) is 17.6 Å². The zero-order valence-corrected chi connectivity index (χ0v) is 25.9.